The molecule has 0 nitrogen and oxygen atoms in total. The fraction of sp³-hybridized carbons (Fsp3) is 0.429. The fourth-order valence-electron chi connectivity index (χ4n) is 3.38. The van der Waals surface area contributed by atoms with E-state index in [0.29, 0.717) is 0 Å². The predicted octanol–water partition coefficient (Wildman–Crippen LogP) is 3.84. The van der Waals surface area contributed by atoms with Gasteiger partial charge in [0.2, 0.25) is 0 Å². The zero-order valence-electron chi connectivity index (χ0n) is 10.0. The number of fused-ring (bicyclic) bond motifs is 2. The molecule has 0 aromatic carbocycles. The first-order valence-corrected chi connectivity index (χ1v) is 9.92. The summed E-state index contributed by atoms with van der Waals surface area (Å²) < 4.78 is 0. The molecular formula is C14H18Si2. The Bertz CT molecular complexity index is 374. The summed E-state index contributed by atoms with van der Waals surface area (Å²) in [5.41, 5.74) is 1.71. The third-order valence-electron chi connectivity index (χ3n) is 4.08. The van der Waals surface area contributed by atoms with Gasteiger partial charge in [0, 0.05) is 0 Å². The van der Waals surface area contributed by atoms with Crippen molar-refractivity contribution in [3.8, 4) is 0 Å². The minimum atomic E-state index is -0.312. The maximum atomic E-state index is 2.49. The predicted molar refractivity (Wildman–Crippen MR) is 74.4 cm³/mol. The van der Waals surface area contributed by atoms with Crippen LogP contribution in [0.15, 0.2) is 46.8 Å². The van der Waals surface area contributed by atoms with Gasteiger partial charge < -0.3 is 0 Å². The van der Waals surface area contributed by atoms with Gasteiger partial charge in [-0.2, -0.15) is 0 Å². The van der Waals surface area contributed by atoms with Crippen molar-refractivity contribution in [1.82, 2.24) is 0 Å². The van der Waals surface area contributed by atoms with E-state index in [1.54, 1.807) is 0 Å². The highest BCUT2D eigenvalue weighted by Gasteiger charge is 2.44. The molecule has 2 aliphatic carbocycles. The summed E-state index contributed by atoms with van der Waals surface area (Å²) in [7, 11) is -0.623. The van der Waals surface area contributed by atoms with Crippen molar-refractivity contribution in [1.29, 1.82) is 0 Å². The third-order valence-corrected chi connectivity index (χ3v) is 11.1. The summed E-state index contributed by atoms with van der Waals surface area (Å²) >= 11 is 0. The van der Waals surface area contributed by atoms with Crippen molar-refractivity contribution in [2.24, 2.45) is 0 Å². The first-order valence-electron chi connectivity index (χ1n) is 6.35. The molecule has 1 heterocycles. The van der Waals surface area contributed by atoms with Crippen molar-refractivity contribution in [3.05, 3.63) is 46.8 Å². The molecule has 1 saturated heterocycles. The van der Waals surface area contributed by atoms with Crippen LogP contribution in [0.2, 0.25) is 23.2 Å². The van der Waals surface area contributed by atoms with E-state index in [0.717, 1.165) is 11.1 Å². The van der Waals surface area contributed by atoms with E-state index in [1.165, 1.54) is 12.1 Å². The maximum Gasteiger partial charge on any atom is 0.0914 e. The van der Waals surface area contributed by atoms with Crippen LogP contribution in [-0.2, 0) is 0 Å². The molecule has 2 heteroatoms. The molecule has 0 N–H and O–H groups in total. The summed E-state index contributed by atoms with van der Waals surface area (Å²) in [5, 5.41) is 3.69. The topological polar surface area (TPSA) is 0 Å². The van der Waals surface area contributed by atoms with E-state index < -0.39 is 0 Å². The zero-order valence-corrected chi connectivity index (χ0v) is 12.0. The molecule has 1 aliphatic heterocycles. The van der Waals surface area contributed by atoms with Crippen molar-refractivity contribution < 1.29 is 0 Å². The van der Waals surface area contributed by atoms with Crippen LogP contribution in [0.25, 0.3) is 0 Å². The fourth-order valence-corrected chi connectivity index (χ4v) is 11.2. The Morgan fingerprint density at radius 3 is 1.69 bits per heavy atom. The summed E-state index contributed by atoms with van der Waals surface area (Å²) in [5.74, 6) is 0. The number of hydrogen-bond acceptors (Lipinski definition) is 0. The Morgan fingerprint density at radius 2 is 1.31 bits per heavy atom. The van der Waals surface area contributed by atoms with Gasteiger partial charge in [-0.3, -0.25) is 0 Å². The molecule has 82 valence electrons. The smallest absolute Gasteiger partial charge is 0.0803 e. The molecule has 16 heavy (non-hydrogen) atoms. The van der Waals surface area contributed by atoms with Crippen LogP contribution in [0.3, 0.4) is 0 Å². The lowest BCUT2D eigenvalue weighted by Crippen LogP contribution is -2.39. The maximum absolute atomic E-state index is 2.49. The number of hydrogen-bond donors (Lipinski definition) is 0. The molecule has 2 radical (unpaired) electrons. The van der Waals surface area contributed by atoms with Crippen LogP contribution < -0.4 is 0 Å². The summed E-state index contributed by atoms with van der Waals surface area (Å²) in [6.07, 6.45) is 14.5. The van der Waals surface area contributed by atoms with Gasteiger partial charge in [-0.05, 0) is 11.1 Å². The van der Waals surface area contributed by atoms with Gasteiger partial charge in [0.25, 0.3) is 0 Å². The van der Waals surface area contributed by atoms with Crippen LogP contribution in [0.1, 0.15) is 13.8 Å². The van der Waals surface area contributed by atoms with Crippen LogP contribution in [0, 0.1) is 0 Å². The third kappa shape index (κ3) is 1.33. The van der Waals surface area contributed by atoms with Gasteiger partial charge in [0.05, 0.1) is 17.6 Å². The normalized spacial score (nSPS) is 32.6. The van der Waals surface area contributed by atoms with Crippen LogP contribution in [-0.4, -0.2) is 17.6 Å². The lowest BCUT2D eigenvalue weighted by atomic mass is 10.4. The molecule has 0 spiro atoms. The molecule has 2 unspecified atom stereocenters. The van der Waals surface area contributed by atoms with Gasteiger partial charge in [0.1, 0.15) is 0 Å². The highest BCUT2D eigenvalue weighted by molar-refractivity contribution is 6.83. The largest absolute Gasteiger partial charge is 0.0914 e. The highest BCUT2D eigenvalue weighted by Crippen LogP contribution is 2.49. The summed E-state index contributed by atoms with van der Waals surface area (Å²) in [4.78, 5) is 0. The first kappa shape index (κ1) is 10.5. The lowest BCUT2D eigenvalue weighted by molar-refractivity contribution is 1.11. The van der Waals surface area contributed by atoms with Gasteiger partial charge in [-0.1, -0.05) is 72.8 Å². The van der Waals surface area contributed by atoms with Gasteiger partial charge in [-0.15, -0.1) is 0 Å². The molecule has 0 saturated carbocycles. The van der Waals surface area contributed by atoms with Crippen LogP contribution in [0.4, 0.5) is 0 Å². The van der Waals surface area contributed by atoms with E-state index in [4.69, 9.17) is 0 Å². The molecule has 2 atom stereocenters. The van der Waals surface area contributed by atoms with Crippen molar-refractivity contribution in [2.75, 3.05) is 0 Å². The van der Waals surface area contributed by atoms with Crippen LogP contribution in [0.5, 0.6) is 0 Å². The molecule has 3 aliphatic rings. The van der Waals surface area contributed by atoms with Gasteiger partial charge >= 0.3 is 0 Å². The Labute approximate surface area is 102 Å². The Hall–Kier alpha value is -0.606. The Kier molecular flexibility index (Phi) is 2.64. The average molecular weight is 242 g/mol. The molecule has 1 fully saturated rings. The molecule has 0 aromatic heterocycles. The number of rotatable bonds is 2. The van der Waals surface area contributed by atoms with Crippen molar-refractivity contribution in [3.63, 3.8) is 0 Å². The summed E-state index contributed by atoms with van der Waals surface area (Å²) in [6, 6.07) is 2.78. The molecule has 0 amide bonds. The van der Waals surface area contributed by atoms with E-state index in [1.807, 2.05) is 10.4 Å². The quantitative estimate of drug-likeness (QED) is 0.645. The monoisotopic (exact) mass is 242 g/mol. The van der Waals surface area contributed by atoms with E-state index >= 15 is 0 Å². The second kappa shape index (κ2) is 4.00. The minimum absolute atomic E-state index is 0.312. The standard InChI is InChI=1S/C14H18Si2/c1-3-15-11-7-5-9-13(11)16(4-2)14-10-6-8-12(14)15/h5-11,14H,3-4H2,1-2H3. The zero-order chi connectivity index (χ0) is 11.1. The van der Waals surface area contributed by atoms with E-state index in [9.17, 15) is 0 Å². The minimum Gasteiger partial charge on any atom is -0.0803 e. The SMILES string of the molecule is CC[Si]1C2=CC=CC2[Si](CC)C2=CC=CC21. The Balaban J connectivity index is 2.03. The number of allylic oxidation sites excluding steroid dienone is 8. The van der Waals surface area contributed by atoms with Crippen LogP contribution >= 0.6 is 0 Å². The van der Waals surface area contributed by atoms with E-state index in [-0.39, 0.29) is 17.6 Å². The molecular weight excluding hydrogens is 224 g/mol. The van der Waals surface area contributed by atoms with Gasteiger partial charge in [0.15, 0.2) is 0 Å². The second-order valence-electron chi connectivity index (χ2n) is 4.73. The molecule has 3 rings (SSSR count). The van der Waals surface area contributed by atoms with Gasteiger partial charge in [-0.25, -0.2) is 0 Å². The lowest BCUT2D eigenvalue weighted by Gasteiger charge is -2.39. The van der Waals surface area contributed by atoms with Crippen molar-refractivity contribution in [2.45, 2.75) is 37.0 Å². The summed E-state index contributed by atoms with van der Waals surface area (Å²) in [6.45, 7) is 4.77. The Morgan fingerprint density at radius 1 is 0.875 bits per heavy atom. The molecule has 0 bridgehead atoms. The second-order valence-corrected chi connectivity index (χ2v) is 10.6. The van der Waals surface area contributed by atoms with E-state index in [2.05, 4.69) is 50.3 Å². The van der Waals surface area contributed by atoms with Crippen molar-refractivity contribution >= 4 is 17.6 Å². The highest BCUT2D eigenvalue weighted by atomic mass is 28.3. The first-order chi connectivity index (χ1) is 7.86. The molecule has 0 aromatic rings. The average Bonchev–Trinajstić information content (AvgIpc) is 2.93.